The number of ether oxygens (including phenoxy) is 2. The van der Waals surface area contributed by atoms with Gasteiger partial charge in [-0.05, 0) is 50.8 Å². The third-order valence-electron chi connectivity index (χ3n) is 3.02. The minimum Gasteiger partial charge on any atom is -0.508 e. The van der Waals surface area contributed by atoms with Crippen LogP contribution in [0.5, 0.6) is 5.75 Å². The van der Waals surface area contributed by atoms with E-state index >= 15 is 0 Å². The summed E-state index contributed by atoms with van der Waals surface area (Å²) >= 11 is 0. The van der Waals surface area contributed by atoms with E-state index in [-0.39, 0.29) is 11.7 Å². The molecule has 1 aromatic rings. The molecular formula is C18H28O4. The minimum atomic E-state index is -0.653. The lowest BCUT2D eigenvalue weighted by Gasteiger charge is -2.24. The quantitative estimate of drug-likeness (QED) is 0.780. The summed E-state index contributed by atoms with van der Waals surface area (Å²) < 4.78 is 11.2. The molecule has 0 bridgehead atoms. The van der Waals surface area contributed by atoms with Gasteiger partial charge in [0.1, 0.15) is 11.4 Å². The van der Waals surface area contributed by atoms with Gasteiger partial charge in [0.15, 0.2) is 6.10 Å². The number of aromatic hydroxyl groups is 1. The third kappa shape index (κ3) is 7.46. The Balaban J connectivity index is 2.74. The van der Waals surface area contributed by atoms with E-state index < -0.39 is 11.7 Å². The number of hydrogen-bond acceptors (Lipinski definition) is 4. The van der Waals surface area contributed by atoms with Crippen LogP contribution in [0.3, 0.4) is 0 Å². The van der Waals surface area contributed by atoms with Gasteiger partial charge < -0.3 is 14.6 Å². The first kappa shape index (κ1) is 18.5. The van der Waals surface area contributed by atoms with Gasteiger partial charge in [-0.1, -0.05) is 26.0 Å². The average Bonchev–Trinajstić information content (AvgIpc) is 2.35. The van der Waals surface area contributed by atoms with E-state index in [9.17, 15) is 9.90 Å². The Bertz CT molecular complexity index is 474. The summed E-state index contributed by atoms with van der Waals surface area (Å²) in [4.78, 5) is 12.3. The lowest BCUT2D eigenvalue weighted by molar-refractivity contribution is -0.168. The molecule has 0 spiro atoms. The molecule has 0 aliphatic rings. The second-order valence-corrected chi connectivity index (χ2v) is 6.95. The first-order chi connectivity index (χ1) is 10.2. The average molecular weight is 308 g/mol. The second-order valence-electron chi connectivity index (χ2n) is 6.95. The summed E-state index contributed by atoms with van der Waals surface area (Å²) in [5.41, 5.74) is 0.302. The summed E-state index contributed by atoms with van der Waals surface area (Å²) in [7, 11) is 0. The standard InChI is InChI=1S/C18H28O4/c1-13(2)9-10-21-16(17(20)22-18(3,4)5)12-14-7-6-8-15(19)11-14/h6-8,11,13,16,19H,9-10,12H2,1-5H3. The lowest BCUT2D eigenvalue weighted by Crippen LogP contribution is -2.35. The zero-order valence-corrected chi connectivity index (χ0v) is 14.3. The maximum Gasteiger partial charge on any atom is 0.336 e. The van der Waals surface area contributed by atoms with E-state index in [4.69, 9.17) is 9.47 Å². The normalized spacial score (nSPS) is 13.2. The first-order valence-electron chi connectivity index (χ1n) is 7.80. The highest BCUT2D eigenvalue weighted by Gasteiger charge is 2.26. The van der Waals surface area contributed by atoms with Crippen LogP contribution >= 0.6 is 0 Å². The topological polar surface area (TPSA) is 55.8 Å². The highest BCUT2D eigenvalue weighted by atomic mass is 16.6. The maximum atomic E-state index is 12.3. The van der Waals surface area contributed by atoms with Gasteiger partial charge in [-0.3, -0.25) is 0 Å². The molecule has 0 aliphatic heterocycles. The van der Waals surface area contributed by atoms with E-state index in [0.717, 1.165) is 12.0 Å². The van der Waals surface area contributed by atoms with Crippen LogP contribution in [0.15, 0.2) is 24.3 Å². The molecule has 0 aromatic heterocycles. The predicted molar refractivity (Wildman–Crippen MR) is 86.9 cm³/mol. The lowest BCUT2D eigenvalue weighted by atomic mass is 10.1. The van der Waals surface area contributed by atoms with Crippen LogP contribution in [-0.2, 0) is 20.7 Å². The summed E-state index contributed by atoms with van der Waals surface area (Å²) in [5.74, 6) is 0.335. The summed E-state index contributed by atoms with van der Waals surface area (Å²) in [5, 5.41) is 9.54. The van der Waals surface area contributed by atoms with Crippen molar-refractivity contribution in [2.24, 2.45) is 5.92 Å². The second kappa shape index (κ2) is 8.18. The molecule has 0 saturated heterocycles. The van der Waals surface area contributed by atoms with Crippen LogP contribution in [0.2, 0.25) is 0 Å². The summed E-state index contributed by atoms with van der Waals surface area (Å²) in [6.45, 7) is 10.3. The molecule has 1 unspecified atom stereocenters. The number of rotatable bonds is 7. The van der Waals surface area contributed by atoms with Crippen LogP contribution in [-0.4, -0.2) is 29.4 Å². The summed E-state index contributed by atoms with van der Waals surface area (Å²) in [6, 6.07) is 6.86. The maximum absolute atomic E-state index is 12.3. The molecule has 0 heterocycles. The van der Waals surface area contributed by atoms with Crippen LogP contribution in [0.1, 0.15) is 46.6 Å². The number of phenols is 1. The molecule has 1 atom stereocenters. The van der Waals surface area contributed by atoms with E-state index in [1.165, 1.54) is 0 Å². The third-order valence-corrected chi connectivity index (χ3v) is 3.02. The fourth-order valence-corrected chi connectivity index (χ4v) is 1.92. The Hall–Kier alpha value is -1.55. The smallest absolute Gasteiger partial charge is 0.336 e. The SMILES string of the molecule is CC(C)CCOC(Cc1cccc(O)c1)C(=O)OC(C)(C)C. The van der Waals surface area contributed by atoms with Gasteiger partial charge in [0, 0.05) is 13.0 Å². The van der Waals surface area contributed by atoms with Crippen LogP contribution in [0.4, 0.5) is 0 Å². The Morgan fingerprint density at radius 1 is 1.27 bits per heavy atom. The van der Waals surface area contributed by atoms with Gasteiger partial charge in [0.2, 0.25) is 0 Å². The first-order valence-corrected chi connectivity index (χ1v) is 7.80. The Morgan fingerprint density at radius 3 is 2.50 bits per heavy atom. The van der Waals surface area contributed by atoms with Gasteiger partial charge in [-0.15, -0.1) is 0 Å². The molecule has 0 radical (unpaired) electrons. The number of benzene rings is 1. The molecule has 4 heteroatoms. The summed E-state index contributed by atoms with van der Waals surface area (Å²) in [6.07, 6.45) is 0.626. The van der Waals surface area contributed by atoms with Gasteiger partial charge in [-0.25, -0.2) is 4.79 Å². The largest absolute Gasteiger partial charge is 0.508 e. The molecule has 22 heavy (non-hydrogen) atoms. The molecule has 0 fully saturated rings. The zero-order chi connectivity index (χ0) is 16.8. The molecule has 124 valence electrons. The zero-order valence-electron chi connectivity index (χ0n) is 14.3. The minimum absolute atomic E-state index is 0.183. The Kier molecular flexibility index (Phi) is 6.88. The van der Waals surface area contributed by atoms with Crippen LogP contribution < -0.4 is 0 Å². The van der Waals surface area contributed by atoms with E-state index in [1.807, 2.05) is 26.8 Å². The van der Waals surface area contributed by atoms with Gasteiger partial charge in [0.05, 0.1) is 0 Å². The number of carbonyl (C=O) groups is 1. The number of carbonyl (C=O) groups excluding carboxylic acids is 1. The highest BCUT2D eigenvalue weighted by molar-refractivity contribution is 5.75. The molecule has 1 aromatic carbocycles. The van der Waals surface area contributed by atoms with E-state index in [0.29, 0.717) is 18.9 Å². The van der Waals surface area contributed by atoms with Crippen LogP contribution in [0.25, 0.3) is 0 Å². The molecule has 4 nitrogen and oxygen atoms in total. The van der Waals surface area contributed by atoms with E-state index in [2.05, 4.69) is 13.8 Å². The van der Waals surface area contributed by atoms with Crippen molar-refractivity contribution in [2.45, 2.75) is 59.2 Å². The van der Waals surface area contributed by atoms with Crippen molar-refractivity contribution in [1.82, 2.24) is 0 Å². The van der Waals surface area contributed by atoms with Gasteiger partial charge >= 0.3 is 5.97 Å². The van der Waals surface area contributed by atoms with E-state index in [1.54, 1.807) is 18.2 Å². The number of hydrogen-bond donors (Lipinski definition) is 1. The van der Waals surface area contributed by atoms with Crippen molar-refractivity contribution in [1.29, 1.82) is 0 Å². The fourth-order valence-electron chi connectivity index (χ4n) is 1.92. The Labute approximate surface area is 133 Å². The van der Waals surface area contributed by atoms with Crippen molar-refractivity contribution in [3.63, 3.8) is 0 Å². The molecule has 1 N–H and O–H groups in total. The number of phenolic OH excluding ortho intramolecular Hbond substituents is 1. The molecule has 0 saturated carbocycles. The van der Waals surface area contributed by atoms with Crippen molar-refractivity contribution < 1.29 is 19.4 Å². The van der Waals surface area contributed by atoms with Crippen molar-refractivity contribution in [3.8, 4) is 5.75 Å². The molecule has 0 aliphatic carbocycles. The fraction of sp³-hybridized carbons (Fsp3) is 0.611. The highest BCUT2D eigenvalue weighted by Crippen LogP contribution is 2.17. The Morgan fingerprint density at radius 2 is 1.95 bits per heavy atom. The van der Waals surface area contributed by atoms with Gasteiger partial charge in [0.25, 0.3) is 0 Å². The number of esters is 1. The van der Waals surface area contributed by atoms with Crippen molar-refractivity contribution in [2.75, 3.05) is 6.61 Å². The van der Waals surface area contributed by atoms with Crippen molar-refractivity contribution in [3.05, 3.63) is 29.8 Å². The molecule has 1 rings (SSSR count). The van der Waals surface area contributed by atoms with Gasteiger partial charge in [-0.2, -0.15) is 0 Å². The van der Waals surface area contributed by atoms with Crippen LogP contribution in [0, 0.1) is 5.92 Å². The monoisotopic (exact) mass is 308 g/mol. The predicted octanol–water partition coefficient (Wildman–Crippen LogP) is 3.71. The molecule has 0 amide bonds. The van der Waals surface area contributed by atoms with Crippen molar-refractivity contribution >= 4 is 5.97 Å². The molecular weight excluding hydrogens is 280 g/mol.